The van der Waals surface area contributed by atoms with E-state index in [1.165, 1.54) is 0 Å². The van der Waals surface area contributed by atoms with Crippen LogP contribution in [0, 0.1) is 6.92 Å². The molecule has 2 aliphatic heterocycles. The van der Waals surface area contributed by atoms with Gasteiger partial charge in [-0.1, -0.05) is 0 Å². The molecule has 2 aromatic rings. The molecule has 4 rings (SSSR count). The number of anilines is 3. The van der Waals surface area contributed by atoms with E-state index in [4.69, 9.17) is 19.2 Å². The maximum atomic E-state index is 5.44. The van der Waals surface area contributed by atoms with Crippen LogP contribution in [0.5, 0.6) is 11.8 Å². The zero-order valence-corrected chi connectivity index (χ0v) is 17.2. The van der Waals surface area contributed by atoms with Gasteiger partial charge in [-0.2, -0.15) is 15.0 Å². The van der Waals surface area contributed by atoms with Gasteiger partial charge in [0.2, 0.25) is 23.7 Å². The molecule has 0 unspecified atom stereocenters. The average molecular weight is 401 g/mol. The number of hydrogen-bond acceptors (Lipinski definition) is 10. The molecule has 0 aromatic carbocycles. The van der Waals surface area contributed by atoms with Crippen LogP contribution in [-0.4, -0.2) is 86.6 Å². The molecule has 4 heterocycles. The van der Waals surface area contributed by atoms with Crippen molar-refractivity contribution in [3.63, 3.8) is 0 Å². The van der Waals surface area contributed by atoms with Crippen LogP contribution < -0.4 is 24.2 Å². The Kier molecular flexibility index (Phi) is 5.79. The first-order valence-electron chi connectivity index (χ1n) is 9.81. The zero-order chi connectivity index (χ0) is 20.2. The van der Waals surface area contributed by atoms with Crippen molar-refractivity contribution in [2.75, 3.05) is 81.4 Å². The Morgan fingerprint density at radius 3 is 1.90 bits per heavy atom. The first-order chi connectivity index (χ1) is 14.2. The summed E-state index contributed by atoms with van der Waals surface area (Å²) in [5, 5.41) is 0. The summed E-state index contributed by atoms with van der Waals surface area (Å²) < 4.78 is 16.0. The maximum absolute atomic E-state index is 5.44. The molecule has 2 aromatic heterocycles. The summed E-state index contributed by atoms with van der Waals surface area (Å²) in [4.78, 5) is 25.0. The lowest BCUT2D eigenvalue weighted by Gasteiger charge is -2.36. The van der Waals surface area contributed by atoms with Gasteiger partial charge >= 0.3 is 0 Å². The molecule has 0 N–H and O–H groups in total. The smallest absolute Gasteiger partial charge is 0.232 e. The van der Waals surface area contributed by atoms with Gasteiger partial charge in [0.1, 0.15) is 5.82 Å². The van der Waals surface area contributed by atoms with Gasteiger partial charge in [-0.15, -0.1) is 0 Å². The van der Waals surface area contributed by atoms with Gasteiger partial charge in [-0.25, -0.2) is 4.98 Å². The summed E-state index contributed by atoms with van der Waals surface area (Å²) in [5.74, 6) is 3.36. The number of aryl methyl sites for hydroxylation is 1. The average Bonchev–Trinajstić information content (AvgIpc) is 2.79. The number of nitrogens with zero attached hydrogens (tertiary/aromatic N) is 7. The molecule has 0 saturated carbocycles. The van der Waals surface area contributed by atoms with E-state index in [1.54, 1.807) is 20.3 Å². The van der Waals surface area contributed by atoms with Crippen LogP contribution in [0.2, 0.25) is 0 Å². The first-order valence-corrected chi connectivity index (χ1v) is 9.81. The highest BCUT2D eigenvalue weighted by molar-refractivity contribution is 5.48. The molecule has 0 spiro atoms. The lowest BCUT2D eigenvalue weighted by atomic mass is 10.3. The van der Waals surface area contributed by atoms with E-state index in [9.17, 15) is 0 Å². The second kappa shape index (κ2) is 8.64. The van der Waals surface area contributed by atoms with Crippen LogP contribution in [0.4, 0.5) is 17.7 Å². The fourth-order valence-corrected chi connectivity index (χ4v) is 3.48. The summed E-state index contributed by atoms with van der Waals surface area (Å²) in [7, 11) is 3.18. The minimum absolute atomic E-state index is 0.496. The van der Waals surface area contributed by atoms with Crippen molar-refractivity contribution >= 4 is 17.7 Å². The SMILES string of the molecule is COc1cc(OC)nc(N2CCN(c3cc(C)nc(N4CCOCC4)n3)CC2)n1. The Bertz CT molecular complexity index is 814. The van der Waals surface area contributed by atoms with Gasteiger partial charge < -0.3 is 28.9 Å². The predicted octanol–water partition coefficient (Wildman–Crippen LogP) is 0.755. The van der Waals surface area contributed by atoms with Crippen molar-refractivity contribution in [2.24, 2.45) is 0 Å². The van der Waals surface area contributed by atoms with Crippen molar-refractivity contribution in [1.82, 2.24) is 19.9 Å². The second-order valence-electron chi connectivity index (χ2n) is 6.99. The number of rotatable bonds is 5. The fourth-order valence-electron chi connectivity index (χ4n) is 3.48. The molecule has 0 atom stereocenters. The molecule has 2 fully saturated rings. The molecule has 10 heteroatoms. The summed E-state index contributed by atoms with van der Waals surface area (Å²) in [5.41, 5.74) is 0.972. The normalized spacial score (nSPS) is 17.4. The number of ether oxygens (including phenoxy) is 3. The van der Waals surface area contributed by atoms with Gasteiger partial charge in [-0.05, 0) is 6.92 Å². The van der Waals surface area contributed by atoms with Gasteiger partial charge in [-0.3, -0.25) is 0 Å². The van der Waals surface area contributed by atoms with Gasteiger partial charge in [0, 0.05) is 51.0 Å². The Morgan fingerprint density at radius 1 is 0.724 bits per heavy atom. The Morgan fingerprint density at radius 2 is 1.28 bits per heavy atom. The lowest BCUT2D eigenvalue weighted by Crippen LogP contribution is -2.47. The Labute approximate surface area is 170 Å². The van der Waals surface area contributed by atoms with E-state index in [2.05, 4.69) is 29.7 Å². The number of piperazine rings is 1. The molecule has 29 heavy (non-hydrogen) atoms. The summed E-state index contributed by atoms with van der Waals surface area (Å²) in [6.07, 6.45) is 0. The molecule has 0 bridgehead atoms. The fraction of sp³-hybridized carbons (Fsp3) is 0.579. The summed E-state index contributed by atoms with van der Waals surface area (Å²) >= 11 is 0. The van der Waals surface area contributed by atoms with Gasteiger partial charge in [0.05, 0.1) is 33.5 Å². The van der Waals surface area contributed by atoms with Crippen LogP contribution >= 0.6 is 0 Å². The van der Waals surface area contributed by atoms with Crippen molar-refractivity contribution in [3.8, 4) is 11.8 Å². The molecule has 0 radical (unpaired) electrons. The molecule has 156 valence electrons. The van der Waals surface area contributed by atoms with E-state index in [-0.39, 0.29) is 0 Å². The Hall–Kier alpha value is -2.88. The molecular formula is C19H27N7O3. The highest BCUT2D eigenvalue weighted by atomic mass is 16.5. The van der Waals surface area contributed by atoms with Crippen LogP contribution in [0.3, 0.4) is 0 Å². The van der Waals surface area contributed by atoms with Crippen molar-refractivity contribution in [1.29, 1.82) is 0 Å². The monoisotopic (exact) mass is 401 g/mol. The standard InChI is InChI=1S/C19H27N7O3/c1-14-12-15(21-18(20-14)26-8-10-29-11-9-26)24-4-6-25(7-5-24)19-22-16(27-2)13-17(23-19)28-3/h12-13H,4-11H2,1-3H3. The number of morpholine rings is 1. The minimum Gasteiger partial charge on any atom is -0.481 e. The number of aromatic nitrogens is 4. The van der Waals surface area contributed by atoms with E-state index >= 15 is 0 Å². The topological polar surface area (TPSA) is 89.0 Å². The third kappa shape index (κ3) is 4.42. The lowest BCUT2D eigenvalue weighted by molar-refractivity contribution is 0.122. The van der Waals surface area contributed by atoms with Crippen molar-refractivity contribution in [3.05, 3.63) is 17.8 Å². The van der Waals surface area contributed by atoms with E-state index in [0.29, 0.717) is 17.7 Å². The van der Waals surface area contributed by atoms with Gasteiger partial charge in [0.25, 0.3) is 0 Å². The van der Waals surface area contributed by atoms with E-state index in [1.807, 2.05) is 13.0 Å². The van der Waals surface area contributed by atoms with Crippen molar-refractivity contribution in [2.45, 2.75) is 6.92 Å². The Balaban J connectivity index is 1.46. The highest BCUT2D eigenvalue weighted by Crippen LogP contribution is 2.23. The number of methoxy groups -OCH3 is 2. The molecule has 0 aliphatic carbocycles. The van der Waals surface area contributed by atoms with Crippen LogP contribution in [0.1, 0.15) is 5.69 Å². The molecule has 10 nitrogen and oxygen atoms in total. The summed E-state index contributed by atoms with van der Waals surface area (Å²) in [6.45, 7) is 8.31. The first kappa shape index (κ1) is 19.4. The summed E-state index contributed by atoms with van der Waals surface area (Å²) in [6, 6.07) is 3.72. The van der Waals surface area contributed by atoms with Crippen molar-refractivity contribution < 1.29 is 14.2 Å². The second-order valence-corrected chi connectivity index (χ2v) is 6.99. The maximum Gasteiger partial charge on any atom is 0.232 e. The highest BCUT2D eigenvalue weighted by Gasteiger charge is 2.23. The van der Waals surface area contributed by atoms with Crippen LogP contribution in [0.25, 0.3) is 0 Å². The van der Waals surface area contributed by atoms with Gasteiger partial charge in [0.15, 0.2) is 0 Å². The largest absolute Gasteiger partial charge is 0.481 e. The molecule has 2 saturated heterocycles. The van der Waals surface area contributed by atoms with E-state index in [0.717, 1.165) is 69.9 Å². The van der Waals surface area contributed by atoms with Crippen LogP contribution in [0.15, 0.2) is 12.1 Å². The minimum atomic E-state index is 0.496. The predicted molar refractivity (Wildman–Crippen MR) is 109 cm³/mol. The third-order valence-electron chi connectivity index (χ3n) is 5.09. The molecule has 0 amide bonds. The zero-order valence-electron chi connectivity index (χ0n) is 17.2. The van der Waals surface area contributed by atoms with Crippen LogP contribution in [-0.2, 0) is 4.74 Å². The van der Waals surface area contributed by atoms with E-state index < -0.39 is 0 Å². The molecule has 2 aliphatic rings. The molecular weight excluding hydrogens is 374 g/mol. The quantitative estimate of drug-likeness (QED) is 0.715. The number of hydrogen-bond donors (Lipinski definition) is 0. The third-order valence-corrected chi connectivity index (χ3v) is 5.09.